The van der Waals surface area contributed by atoms with Crippen molar-refractivity contribution in [3.05, 3.63) is 54.1 Å². The van der Waals surface area contributed by atoms with Crippen LogP contribution in [0.4, 0.5) is 0 Å². The van der Waals surface area contributed by atoms with Crippen LogP contribution in [0.1, 0.15) is 56.5 Å². The fourth-order valence-corrected chi connectivity index (χ4v) is 4.82. The molecular formula is C22H30N4O. The van der Waals surface area contributed by atoms with Gasteiger partial charge >= 0.3 is 0 Å². The first-order valence-corrected chi connectivity index (χ1v) is 10.1. The topological polar surface area (TPSA) is 41.4 Å². The highest BCUT2D eigenvalue weighted by Gasteiger charge is 2.50. The fourth-order valence-electron chi connectivity index (χ4n) is 4.82. The molecule has 2 saturated heterocycles. The van der Waals surface area contributed by atoms with Gasteiger partial charge < -0.3 is 9.47 Å². The normalized spacial score (nSPS) is 22.9. The van der Waals surface area contributed by atoms with Gasteiger partial charge in [0.2, 0.25) is 5.91 Å². The molecule has 0 bridgehead atoms. The molecule has 27 heavy (non-hydrogen) atoms. The number of carbonyl (C=O) groups excluding carboxylic acids is 1. The second kappa shape index (κ2) is 7.12. The van der Waals surface area contributed by atoms with Crippen LogP contribution in [0.25, 0.3) is 0 Å². The largest absolute Gasteiger partial charge is 0.339 e. The Morgan fingerprint density at radius 3 is 2.56 bits per heavy atom. The molecule has 4 rings (SSSR count). The molecule has 144 valence electrons. The highest BCUT2D eigenvalue weighted by Crippen LogP contribution is 2.44. The maximum atomic E-state index is 12.9. The van der Waals surface area contributed by atoms with E-state index in [1.165, 1.54) is 0 Å². The van der Waals surface area contributed by atoms with Crippen molar-refractivity contribution in [2.45, 2.75) is 57.2 Å². The Balaban J connectivity index is 1.43. The number of amides is 1. The lowest BCUT2D eigenvalue weighted by molar-refractivity contribution is -0.131. The molecule has 0 aliphatic carbocycles. The molecule has 1 aromatic carbocycles. The van der Waals surface area contributed by atoms with Gasteiger partial charge in [-0.1, -0.05) is 30.3 Å². The number of likely N-dealkylation sites (tertiary alicyclic amines) is 2. The first-order chi connectivity index (χ1) is 13.0. The third-order valence-corrected chi connectivity index (χ3v) is 6.58. The number of hydrogen-bond donors (Lipinski definition) is 0. The summed E-state index contributed by atoms with van der Waals surface area (Å²) in [5, 5.41) is 0. The maximum Gasteiger partial charge on any atom is 0.230 e. The van der Waals surface area contributed by atoms with Crippen LogP contribution >= 0.6 is 0 Å². The third kappa shape index (κ3) is 3.29. The number of imidazole rings is 1. The Kier molecular flexibility index (Phi) is 4.81. The van der Waals surface area contributed by atoms with Crippen molar-refractivity contribution in [2.24, 2.45) is 0 Å². The molecule has 2 fully saturated rings. The van der Waals surface area contributed by atoms with Crippen molar-refractivity contribution in [2.75, 3.05) is 20.1 Å². The quantitative estimate of drug-likeness (QED) is 0.832. The van der Waals surface area contributed by atoms with Crippen molar-refractivity contribution in [3.63, 3.8) is 0 Å². The molecule has 2 aliphatic rings. The smallest absolute Gasteiger partial charge is 0.230 e. The van der Waals surface area contributed by atoms with Crippen LogP contribution in [0, 0.1) is 0 Å². The number of likely N-dealkylation sites (N-methyl/N-ethyl adjacent to an activating group) is 1. The third-order valence-electron chi connectivity index (χ3n) is 6.58. The van der Waals surface area contributed by atoms with Gasteiger partial charge in [0.25, 0.3) is 0 Å². The predicted molar refractivity (Wildman–Crippen MR) is 106 cm³/mol. The summed E-state index contributed by atoms with van der Waals surface area (Å²) in [5.41, 5.74) is 1.18. The monoisotopic (exact) mass is 366 g/mol. The van der Waals surface area contributed by atoms with Crippen LogP contribution in [-0.4, -0.2) is 50.9 Å². The van der Waals surface area contributed by atoms with Crippen LogP contribution in [0.15, 0.2) is 42.7 Å². The lowest BCUT2D eigenvalue weighted by Gasteiger charge is -2.43. The first-order valence-electron chi connectivity index (χ1n) is 10.1. The molecule has 1 unspecified atom stereocenters. The molecule has 5 nitrogen and oxygen atoms in total. The molecule has 1 aromatic heterocycles. The highest BCUT2D eigenvalue weighted by molar-refractivity contribution is 5.87. The standard InChI is InChI=1S/C22H30N4O/c1-17(2)26-14-11-23-20(26)16-25-12-9-22(10-13-25)15-19(21(27)24(22)3)18-7-5-4-6-8-18/h4-8,11,14,17,19H,9-10,12-13,15-16H2,1-3H3. The van der Waals surface area contributed by atoms with Gasteiger partial charge in [0, 0.05) is 44.1 Å². The minimum atomic E-state index is 0.0154. The number of aromatic nitrogens is 2. The Morgan fingerprint density at radius 2 is 1.89 bits per heavy atom. The number of carbonyl (C=O) groups is 1. The number of piperidine rings is 1. The van der Waals surface area contributed by atoms with Crippen molar-refractivity contribution in [1.82, 2.24) is 19.4 Å². The van der Waals surface area contributed by atoms with Crippen LogP contribution in [0.3, 0.4) is 0 Å². The van der Waals surface area contributed by atoms with Crippen LogP contribution in [0.5, 0.6) is 0 Å². The summed E-state index contributed by atoms with van der Waals surface area (Å²) < 4.78 is 2.25. The van der Waals surface area contributed by atoms with E-state index in [-0.39, 0.29) is 17.4 Å². The molecule has 0 radical (unpaired) electrons. The number of hydrogen-bond acceptors (Lipinski definition) is 3. The summed E-state index contributed by atoms with van der Waals surface area (Å²) >= 11 is 0. The van der Waals surface area contributed by atoms with Crippen molar-refractivity contribution >= 4 is 5.91 Å². The average Bonchev–Trinajstić information content (AvgIpc) is 3.24. The zero-order valence-electron chi connectivity index (χ0n) is 16.6. The summed E-state index contributed by atoms with van der Waals surface area (Å²) in [6.07, 6.45) is 7.00. The Bertz CT molecular complexity index is 790. The zero-order chi connectivity index (χ0) is 19.0. The van der Waals surface area contributed by atoms with E-state index in [1.54, 1.807) is 0 Å². The lowest BCUT2D eigenvalue weighted by atomic mass is 9.81. The molecule has 0 N–H and O–H groups in total. The molecule has 5 heteroatoms. The van der Waals surface area contributed by atoms with Gasteiger partial charge in [-0.3, -0.25) is 9.69 Å². The predicted octanol–water partition coefficient (Wildman–Crippen LogP) is 3.44. The van der Waals surface area contributed by atoms with E-state index in [9.17, 15) is 4.79 Å². The van der Waals surface area contributed by atoms with Gasteiger partial charge in [-0.15, -0.1) is 0 Å². The van der Waals surface area contributed by atoms with E-state index in [4.69, 9.17) is 0 Å². The fraction of sp³-hybridized carbons (Fsp3) is 0.545. The molecule has 2 aromatic rings. The molecule has 1 atom stereocenters. The van der Waals surface area contributed by atoms with E-state index in [0.29, 0.717) is 6.04 Å². The Morgan fingerprint density at radius 1 is 1.19 bits per heavy atom. The van der Waals surface area contributed by atoms with E-state index in [2.05, 4.69) is 51.5 Å². The maximum absolute atomic E-state index is 12.9. The number of nitrogens with zero attached hydrogens (tertiary/aromatic N) is 4. The second-order valence-corrected chi connectivity index (χ2v) is 8.41. The summed E-state index contributed by atoms with van der Waals surface area (Å²) in [6, 6.07) is 10.7. The van der Waals surface area contributed by atoms with Gasteiger partial charge in [-0.2, -0.15) is 0 Å². The van der Waals surface area contributed by atoms with Gasteiger partial charge in [0.15, 0.2) is 0 Å². The SMILES string of the molecule is CC(C)n1ccnc1CN1CCC2(CC1)CC(c1ccccc1)C(=O)N2C. The van der Waals surface area contributed by atoms with Crippen molar-refractivity contribution < 1.29 is 4.79 Å². The van der Waals surface area contributed by atoms with E-state index < -0.39 is 0 Å². The number of rotatable bonds is 4. The van der Waals surface area contributed by atoms with E-state index in [0.717, 1.165) is 50.3 Å². The summed E-state index contributed by atoms with van der Waals surface area (Å²) in [5.74, 6) is 1.44. The van der Waals surface area contributed by atoms with Gasteiger partial charge in [-0.25, -0.2) is 4.98 Å². The van der Waals surface area contributed by atoms with Crippen LogP contribution in [0.2, 0.25) is 0 Å². The Hall–Kier alpha value is -2.14. The zero-order valence-corrected chi connectivity index (χ0v) is 16.6. The van der Waals surface area contributed by atoms with Crippen LogP contribution < -0.4 is 0 Å². The van der Waals surface area contributed by atoms with Crippen molar-refractivity contribution in [1.29, 1.82) is 0 Å². The summed E-state index contributed by atoms with van der Waals surface area (Å²) in [4.78, 5) is 22.0. The summed E-state index contributed by atoms with van der Waals surface area (Å²) in [7, 11) is 2.01. The molecular weight excluding hydrogens is 336 g/mol. The molecule has 2 aliphatic heterocycles. The molecule has 1 spiro atoms. The lowest BCUT2D eigenvalue weighted by Crippen LogP contribution is -2.51. The number of benzene rings is 1. The van der Waals surface area contributed by atoms with Gasteiger partial charge in [0.1, 0.15) is 5.82 Å². The molecule has 1 amide bonds. The minimum Gasteiger partial charge on any atom is -0.339 e. The van der Waals surface area contributed by atoms with Gasteiger partial charge in [0.05, 0.1) is 12.5 Å². The van der Waals surface area contributed by atoms with Crippen LogP contribution in [-0.2, 0) is 11.3 Å². The first kappa shape index (κ1) is 18.2. The van der Waals surface area contributed by atoms with Crippen molar-refractivity contribution in [3.8, 4) is 0 Å². The molecule has 3 heterocycles. The minimum absolute atomic E-state index is 0.0154. The second-order valence-electron chi connectivity index (χ2n) is 8.41. The highest BCUT2D eigenvalue weighted by atomic mass is 16.2. The van der Waals surface area contributed by atoms with Gasteiger partial charge in [-0.05, 0) is 38.7 Å². The average molecular weight is 367 g/mol. The molecule has 0 saturated carbocycles. The summed E-state index contributed by atoms with van der Waals surface area (Å²) in [6.45, 7) is 7.31. The Labute approximate surface area is 162 Å². The van der Waals surface area contributed by atoms with E-state index >= 15 is 0 Å². The van der Waals surface area contributed by atoms with E-state index in [1.807, 2.05) is 31.4 Å².